The second kappa shape index (κ2) is 9.32. The molecule has 0 aliphatic rings. The molecular weight excluding hydrogens is 172 g/mol. The molecule has 1 unspecified atom stereocenters. The standard InChI is InChI=1S/C8H20N2OS/c1-8(10)2-6-12-7-5-11-4-3-9/h8H,2-7,9-10H2,1H3. The Labute approximate surface area is 79.2 Å². The van der Waals surface area contributed by atoms with E-state index >= 15 is 0 Å². The molecule has 4 N–H and O–H groups in total. The summed E-state index contributed by atoms with van der Waals surface area (Å²) >= 11 is 1.89. The summed E-state index contributed by atoms with van der Waals surface area (Å²) in [6, 6.07) is 0.322. The molecule has 0 rings (SSSR count). The summed E-state index contributed by atoms with van der Waals surface area (Å²) in [7, 11) is 0. The van der Waals surface area contributed by atoms with Gasteiger partial charge in [-0.25, -0.2) is 0 Å². The maximum Gasteiger partial charge on any atom is 0.0589 e. The first-order valence-corrected chi connectivity index (χ1v) is 5.54. The molecule has 0 aliphatic heterocycles. The van der Waals surface area contributed by atoms with Gasteiger partial charge in [0, 0.05) is 18.3 Å². The zero-order valence-corrected chi connectivity index (χ0v) is 8.61. The van der Waals surface area contributed by atoms with E-state index in [0.717, 1.165) is 24.5 Å². The Hall–Kier alpha value is 0.230. The number of rotatable bonds is 8. The van der Waals surface area contributed by atoms with E-state index in [-0.39, 0.29) is 0 Å². The highest BCUT2D eigenvalue weighted by Crippen LogP contribution is 2.03. The fraction of sp³-hybridized carbons (Fsp3) is 1.00. The van der Waals surface area contributed by atoms with Gasteiger partial charge in [-0.05, 0) is 19.1 Å². The van der Waals surface area contributed by atoms with Crippen molar-refractivity contribution in [1.82, 2.24) is 0 Å². The van der Waals surface area contributed by atoms with Crippen molar-refractivity contribution in [3.63, 3.8) is 0 Å². The van der Waals surface area contributed by atoms with Gasteiger partial charge in [0.05, 0.1) is 13.2 Å². The van der Waals surface area contributed by atoms with Gasteiger partial charge in [-0.3, -0.25) is 0 Å². The SMILES string of the molecule is CC(N)CCSCCOCCN. The molecule has 0 heterocycles. The average Bonchev–Trinajstić information content (AvgIpc) is 2.02. The zero-order chi connectivity index (χ0) is 9.23. The van der Waals surface area contributed by atoms with Gasteiger partial charge in [0.1, 0.15) is 0 Å². The van der Waals surface area contributed by atoms with Crippen LogP contribution in [0.5, 0.6) is 0 Å². The van der Waals surface area contributed by atoms with Crippen LogP contribution in [0.3, 0.4) is 0 Å². The molecule has 0 saturated carbocycles. The highest BCUT2D eigenvalue weighted by Gasteiger charge is 1.94. The third-order valence-electron chi connectivity index (χ3n) is 1.35. The molecule has 0 fully saturated rings. The first-order valence-electron chi connectivity index (χ1n) is 4.38. The van der Waals surface area contributed by atoms with Crippen LogP contribution in [0.2, 0.25) is 0 Å². The molecule has 0 saturated heterocycles. The van der Waals surface area contributed by atoms with Crippen molar-refractivity contribution in [2.24, 2.45) is 11.5 Å². The van der Waals surface area contributed by atoms with Crippen molar-refractivity contribution < 1.29 is 4.74 Å². The van der Waals surface area contributed by atoms with E-state index in [1.807, 2.05) is 18.7 Å². The summed E-state index contributed by atoms with van der Waals surface area (Å²) in [4.78, 5) is 0. The van der Waals surface area contributed by atoms with Gasteiger partial charge in [0.25, 0.3) is 0 Å². The van der Waals surface area contributed by atoms with Crippen LogP contribution in [0.15, 0.2) is 0 Å². The van der Waals surface area contributed by atoms with Crippen LogP contribution in [-0.2, 0) is 4.74 Å². The Balaban J connectivity index is 2.82. The van der Waals surface area contributed by atoms with E-state index < -0.39 is 0 Å². The molecule has 0 aromatic carbocycles. The Bertz CT molecular complexity index is 91.1. The number of ether oxygens (including phenoxy) is 1. The average molecular weight is 192 g/mol. The minimum absolute atomic E-state index is 0.322. The number of hydrogen-bond acceptors (Lipinski definition) is 4. The van der Waals surface area contributed by atoms with Crippen LogP contribution in [-0.4, -0.2) is 37.3 Å². The summed E-state index contributed by atoms with van der Waals surface area (Å²) in [5, 5.41) is 0. The Kier molecular flexibility index (Phi) is 9.50. The summed E-state index contributed by atoms with van der Waals surface area (Å²) in [6.07, 6.45) is 1.08. The van der Waals surface area contributed by atoms with E-state index in [1.165, 1.54) is 0 Å². The van der Waals surface area contributed by atoms with Crippen LogP contribution < -0.4 is 11.5 Å². The van der Waals surface area contributed by atoms with Crippen LogP contribution in [0.25, 0.3) is 0 Å². The Morgan fingerprint density at radius 2 is 2.08 bits per heavy atom. The highest BCUT2D eigenvalue weighted by atomic mass is 32.2. The van der Waals surface area contributed by atoms with Gasteiger partial charge < -0.3 is 16.2 Å². The first-order chi connectivity index (χ1) is 5.77. The van der Waals surface area contributed by atoms with E-state index in [9.17, 15) is 0 Å². The largest absolute Gasteiger partial charge is 0.379 e. The number of thioether (sulfide) groups is 1. The lowest BCUT2D eigenvalue weighted by Crippen LogP contribution is -2.15. The first kappa shape index (κ1) is 12.2. The molecule has 0 amide bonds. The third-order valence-corrected chi connectivity index (χ3v) is 2.33. The van der Waals surface area contributed by atoms with Crippen molar-refractivity contribution in [1.29, 1.82) is 0 Å². The minimum Gasteiger partial charge on any atom is -0.379 e. The quantitative estimate of drug-likeness (QED) is 0.548. The molecule has 1 atom stereocenters. The maximum atomic E-state index is 5.59. The summed E-state index contributed by atoms with van der Waals surface area (Å²) in [6.45, 7) is 4.13. The number of hydrogen-bond donors (Lipinski definition) is 2. The van der Waals surface area contributed by atoms with Crippen LogP contribution in [0, 0.1) is 0 Å². The van der Waals surface area contributed by atoms with Gasteiger partial charge >= 0.3 is 0 Å². The van der Waals surface area contributed by atoms with Crippen LogP contribution >= 0.6 is 11.8 Å². The fourth-order valence-electron chi connectivity index (χ4n) is 0.675. The summed E-state index contributed by atoms with van der Waals surface area (Å²) < 4.78 is 5.21. The van der Waals surface area contributed by atoms with Crippen molar-refractivity contribution >= 4 is 11.8 Å². The lowest BCUT2D eigenvalue weighted by molar-refractivity contribution is 0.158. The van der Waals surface area contributed by atoms with Gasteiger partial charge in [-0.15, -0.1) is 0 Å². The molecule has 74 valence electrons. The van der Waals surface area contributed by atoms with E-state index in [4.69, 9.17) is 16.2 Å². The summed E-state index contributed by atoms with van der Waals surface area (Å²) in [5.74, 6) is 2.18. The topological polar surface area (TPSA) is 61.3 Å². The number of nitrogens with two attached hydrogens (primary N) is 2. The lowest BCUT2D eigenvalue weighted by atomic mass is 10.3. The predicted octanol–water partition coefficient (Wildman–Crippen LogP) is 0.432. The zero-order valence-electron chi connectivity index (χ0n) is 7.79. The highest BCUT2D eigenvalue weighted by molar-refractivity contribution is 7.99. The molecule has 0 aliphatic carbocycles. The van der Waals surface area contributed by atoms with Crippen LogP contribution in [0.1, 0.15) is 13.3 Å². The normalized spacial score (nSPS) is 13.2. The maximum absolute atomic E-state index is 5.59. The monoisotopic (exact) mass is 192 g/mol. The second-order valence-electron chi connectivity index (χ2n) is 2.78. The van der Waals surface area contributed by atoms with Gasteiger partial charge in [0.2, 0.25) is 0 Å². The van der Waals surface area contributed by atoms with Crippen molar-refractivity contribution in [2.45, 2.75) is 19.4 Å². The lowest BCUT2D eigenvalue weighted by Gasteiger charge is -2.04. The fourth-order valence-corrected chi connectivity index (χ4v) is 1.65. The van der Waals surface area contributed by atoms with E-state index in [2.05, 4.69) is 0 Å². The smallest absolute Gasteiger partial charge is 0.0589 e. The van der Waals surface area contributed by atoms with Gasteiger partial charge in [0.15, 0.2) is 0 Å². The minimum atomic E-state index is 0.322. The van der Waals surface area contributed by atoms with E-state index in [0.29, 0.717) is 19.2 Å². The molecule has 0 aromatic heterocycles. The molecule has 0 bridgehead atoms. The van der Waals surface area contributed by atoms with Gasteiger partial charge in [-0.2, -0.15) is 11.8 Å². The van der Waals surface area contributed by atoms with Gasteiger partial charge in [-0.1, -0.05) is 0 Å². The van der Waals surface area contributed by atoms with Crippen molar-refractivity contribution in [3.05, 3.63) is 0 Å². The summed E-state index contributed by atoms with van der Waals surface area (Å²) in [5.41, 5.74) is 10.9. The molecule has 0 spiro atoms. The Morgan fingerprint density at radius 3 is 2.67 bits per heavy atom. The molecule has 4 heteroatoms. The second-order valence-corrected chi connectivity index (χ2v) is 4.00. The molecule has 0 radical (unpaired) electrons. The van der Waals surface area contributed by atoms with Crippen molar-refractivity contribution in [3.8, 4) is 0 Å². The molecule has 12 heavy (non-hydrogen) atoms. The molecule has 0 aromatic rings. The Morgan fingerprint density at radius 1 is 1.33 bits per heavy atom. The van der Waals surface area contributed by atoms with Crippen LogP contribution in [0.4, 0.5) is 0 Å². The third kappa shape index (κ3) is 10.2. The molecular formula is C8H20N2OS. The molecule has 3 nitrogen and oxygen atoms in total. The van der Waals surface area contributed by atoms with E-state index in [1.54, 1.807) is 0 Å². The predicted molar refractivity (Wildman–Crippen MR) is 55.5 cm³/mol. The van der Waals surface area contributed by atoms with Crippen molar-refractivity contribution in [2.75, 3.05) is 31.3 Å².